The van der Waals surface area contributed by atoms with Crippen molar-refractivity contribution in [3.8, 4) is 0 Å². The number of nitrogens with zero attached hydrogens (tertiary/aromatic N) is 3. The molecular formula is C19H23ClN4O. The lowest BCUT2D eigenvalue weighted by molar-refractivity contribution is 0.0784. The van der Waals surface area contributed by atoms with Crippen LogP contribution in [0.4, 0.5) is 0 Å². The molecule has 2 aromatic heterocycles. The molecule has 1 aliphatic rings. The summed E-state index contributed by atoms with van der Waals surface area (Å²) in [5.41, 5.74) is 6.43. The summed E-state index contributed by atoms with van der Waals surface area (Å²) < 4.78 is 2.31. The van der Waals surface area contributed by atoms with Crippen molar-refractivity contribution in [2.45, 2.75) is 39.8 Å². The van der Waals surface area contributed by atoms with Crippen molar-refractivity contribution < 1.29 is 4.79 Å². The number of aryl methyl sites for hydroxylation is 3. The summed E-state index contributed by atoms with van der Waals surface area (Å²) in [7, 11) is 1.85. The molecule has 0 radical (unpaired) electrons. The van der Waals surface area contributed by atoms with E-state index >= 15 is 0 Å². The van der Waals surface area contributed by atoms with E-state index in [1.165, 1.54) is 11.1 Å². The Labute approximate surface area is 153 Å². The Hall–Kier alpha value is -2.27. The maximum absolute atomic E-state index is 13.2. The zero-order valence-electron chi connectivity index (χ0n) is 14.8. The fraction of sp³-hybridized carbons (Fsp3) is 0.368. The van der Waals surface area contributed by atoms with Gasteiger partial charge in [-0.2, -0.15) is 0 Å². The molecule has 1 aromatic carbocycles. The number of aromatic nitrogens is 3. The number of carbonyl (C=O) groups excluding carboxylic acids is 1. The van der Waals surface area contributed by atoms with Gasteiger partial charge < -0.3 is 14.5 Å². The molecular weight excluding hydrogens is 336 g/mol. The zero-order chi connectivity index (χ0) is 16.8. The van der Waals surface area contributed by atoms with Gasteiger partial charge in [0.2, 0.25) is 0 Å². The van der Waals surface area contributed by atoms with E-state index in [2.05, 4.69) is 39.7 Å². The van der Waals surface area contributed by atoms with Crippen LogP contribution in [0.1, 0.15) is 39.4 Å². The summed E-state index contributed by atoms with van der Waals surface area (Å²) in [4.78, 5) is 22.3. The number of imidazole rings is 1. The standard InChI is InChI=1S/C19H22N4O.ClH/c1-12-16(21-11-20-12)10-22(3)19(24)17-13(2)23-9-5-7-14-6-4-8-15(17)18(14)23;/h4,6,8,11H,5,7,9-10H2,1-3H3,(H,20,21);1H. The largest absolute Gasteiger partial charge is 0.348 e. The van der Waals surface area contributed by atoms with Crippen molar-refractivity contribution in [1.29, 1.82) is 0 Å². The number of halogens is 1. The molecule has 5 nitrogen and oxygen atoms in total. The van der Waals surface area contributed by atoms with Gasteiger partial charge >= 0.3 is 0 Å². The van der Waals surface area contributed by atoms with Crippen molar-refractivity contribution in [3.63, 3.8) is 0 Å². The van der Waals surface area contributed by atoms with Gasteiger partial charge in [-0.15, -0.1) is 12.4 Å². The summed E-state index contributed by atoms with van der Waals surface area (Å²) in [6.45, 7) is 5.55. The average molecular weight is 359 g/mol. The Kier molecular flexibility index (Phi) is 4.60. The van der Waals surface area contributed by atoms with Crippen molar-refractivity contribution in [3.05, 3.63) is 52.7 Å². The third kappa shape index (κ3) is 2.72. The van der Waals surface area contributed by atoms with Crippen LogP contribution in [0.2, 0.25) is 0 Å². The zero-order valence-corrected chi connectivity index (χ0v) is 15.6. The second kappa shape index (κ2) is 6.56. The first kappa shape index (κ1) is 17.5. The van der Waals surface area contributed by atoms with Gasteiger partial charge in [-0.3, -0.25) is 4.79 Å². The monoisotopic (exact) mass is 358 g/mol. The number of carbonyl (C=O) groups is 1. The number of nitrogens with one attached hydrogen (secondary N) is 1. The van der Waals surface area contributed by atoms with Gasteiger partial charge in [0.1, 0.15) is 0 Å². The number of para-hydroxylation sites is 1. The number of aromatic amines is 1. The van der Waals surface area contributed by atoms with Crippen LogP contribution >= 0.6 is 12.4 Å². The predicted octanol–water partition coefficient (Wildman–Crippen LogP) is 3.62. The molecule has 4 rings (SSSR count). The van der Waals surface area contributed by atoms with Crippen LogP contribution in [0, 0.1) is 13.8 Å². The third-order valence-electron chi connectivity index (χ3n) is 5.14. The summed E-state index contributed by atoms with van der Waals surface area (Å²) >= 11 is 0. The molecule has 6 heteroatoms. The second-order valence-corrected chi connectivity index (χ2v) is 6.66. The topological polar surface area (TPSA) is 53.9 Å². The quantitative estimate of drug-likeness (QED) is 0.777. The van der Waals surface area contributed by atoms with Gasteiger partial charge in [0.05, 0.1) is 29.6 Å². The predicted molar refractivity (Wildman–Crippen MR) is 101 cm³/mol. The lowest BCUT2D eigenvalue weighted by Gasteiger charge is -2.17. The average Bonchev–Trinajstić information content (AvgIpc) is 3.11. The molecule has 0 unspecified atom stereocenters. The van der Waals surface area contributed by atoms with Crippen LogP contribution in [-0.2, 0) is 19.5 Å². The van der Waals surface area contributed by atoms with Crippen molar-refractivity contribution in [2.24, 2.45) is 0 Å². The SMILES string of the molecule is Cc1[nH]cnc1CN(C)C(=O)c1c(C)n2c3c(cccc13)CCC2.Cl. The second-order valence-electron chi connectivity index (χ2n) is 6.66. The van der Waals surface area contributed by atoms with Crippen molar-refractivity contribution >= 4 is 29.2 Å². The van der Waals surface area contributed by atoms with Crippen molar-refractivity contribution in [1.82, 2.24) is 19.4 Å². The molecule has 0 spiro atoms. The van der Waals surface area contributed by atoms with Crippen LogP contribution in [0.15, 0.2) is 24.5 Å². The minimum atomic E-state index is 0. The van der Waals surface area contributed by atoms with Gasteiger partial charge in [0.15, 0.2) is 0 Å². The number of H-pyrrole nitrogens is 1. The molecule has 132 valence electrons. The Morgan fingerprint density at radius 3 is 2.88 bits per heavy atom. The first-order valence-corrected chi connectivity index (χ1v) is 8.43. The lowest BCUT2D eigenvalue weighted by Crippen LogP contribution is -2.27. The van der Waals surface area contributed by atoms with E-state index in [1.807, 2.05) is 14.0 Å². The van der Waals surface area contributed by atoms with Crippen LogP contribution in [0.3, 0.4) is 0 Å². The third-order valence-corrected chi connectivity index (χ3v) is 5.14. The van der Waals surface area contributed by atoms with Crippen LogP contribution in [0.25, 0.3) is 10.9 Å². The Morgan fingerprint density at radius 1 is 1.36 bits per heavy atom. The minimum absolute atomic E-state index is 0. The molecule has 0 fully saturated rings. The smallest absolute Gasteiger partial charge is 0.256 e. The number of hydrogen-bond acceptors (Lipinski definition) is 2. The van der Waals surface area contributed by atoms with E-state index in [9.17, 15) is 4.79 Å². The maximum Gasteiger partial charge on any atom is 0.256 e. The first-order chi connectivity index (χ1) is 11.6. The fourth-order valence-corrected chi connectivity index (χ4v) is 3.82. The molecule has 3 aromatic rings. The maximum atomic E-state index is 13.2. The Balaban J connectivity index is 0.00000182. The van der Waals surface area contributed by atoms with E-state index in [1.54, 1.807) is 11.2 Å². The van der Waals surface area contributed by atoms with E-state index in [-0.39, 0.29) is 18.3 Å². The van der Waals surface area contributed by atoms with E-state index in [0.717, 1.165) is 47.4 Å². The highest BCUT2D eigenvalue weighted by Gasteiger charge is 2.25. The van der Waals surface area contributed by atoms with Crippen LogP contribution < -0.4 is 0 Å². The number of amides is 1. The molecule has 0 aliphatic carbocycles. The van der Waals surface area contributed by atoms with Crippen molar-refractivity contribution in [2.75, 3.05) is 7.05 Å². The summed E-state index contributed by atoms with van der Waals surface area (Å²) in [5, 5.41) is 1.08. The highest BCUT2D eigenvalue weighted by molar-refractivity contribution is 6.09. The van der Waals surface area contributed by atoms with Crippen LogP contribution in [-0.4, -0.2) is 32.4 Å². The highest BCUT2D eigenvalue weighted by Crippen LogP contribution is 2.33. The van der Waals surface area contributed by atoms with Gasteiger partial charge in [-0.1, -0.05) is 18.2 Å². The lowest BCUT2D eigenvalue weighted by atomic mass is 10.0. The molecule has 0 atom stereocenters. The molecule has 25 heavy (non-hydrogen) atoms. The fourth-order valence-electron chi connectivity index (χ4n) is 3.82. The highest BCUT2D eigenvalue weighted by atomic mass is 35.5. The Bertz CT molecular complexity index is 940. The summed E-state index contributed by atoms with van der Waals surface area (Å²) in [6.07, 6.45) is 3.91. The number of hydrogen-bond donors (Lipinski definition) is 1. The molecule has 1 aliphatic heterocycles. The molecule has 1 N–H and O–H groups in total. The van der Waals surface area contributed by atoms with E-state index in [4.69, 9.17) is 0 Å². The van der Waals surface area contributed by atoms with E-state index < -0.39 is 0 Å². The minimum Gasteiger partial charge on any atom is -0.348 e. The van der Waals surface area contributed by atoms with E-state index in [0.29, 0.717) is 6.54 Å². The normalized spacial score (nSPS) is 12.9. The molecule has 0 saturated carbocycles. The molecule has 1 amide bonds. The molecule has 0 saturated heterocycles. The summed E-state index contributed by atoms with van der Waals surface area (Å²) in [5.74, 6) is 0.0673. The van der Waals surface area contributed by atoms with Crippen LogP contribution in [0.5, 0.6) is 0 Å². The number of benzene rings is 1. The number of rotatable bonds is 3. The first-order valence-electron chi connectivity index (χ1n) is 8.43. The molecule has 3 heterocycles. The van der Waals surface area contributed by atoms with Gasteiger partial charge in [0, 0.05) is 30.4 Å². The van der Waals surface area contributed by atoms with Gasteiger partial charge in [0.25, 0.3) is 5.91 Å². The van der Waals surface area contributed by atoms with Gasteiger partial charge in [-0.05, 0) is 32.3 Å². The summed E-state index contributed by atoms with van der Waals surface area (Å²) in [6, 6.07) is 6.33. The molecule has 0 bridgehead atoms. The Morgan fingerprint density at radius 2 is 2.16 bits per heavy atom. The van der Waals surface area contributed by atoms with Gasteiger partial charge in [-0.25, -0.2) is 4.98 Å².